The van der Waals surface area contributed by atoms with Crippen LogP contribution >= 0.6 is 0 Å². The second-order valence-corrected chi connectivity index (χ2v) is 4.00. The summed E-state index contributed by atoms with van der Waals surface area (Å²) in [6.45, 7) is 2.38. The molecule has 1 aromatic carbocycles. The molecule has 0 aliphatic rings. The fourth-order valence-electron chi connectivity index (χ4n) is 1.56. The number of benzene rings is 1. The van der Waals surface area contributed by atoms with Gasteiger partial charge in [0.25, 0.3) is 0 Å². The van der Waals surface area contributed by atoms with Crippen LogP contribution in [-0.2, 0) is 16.0 Å². The van der Waals surface area contributed by atoms with Crippen molar-refractivity contribution in [3.05, 3.63) is 29.8 Å². The lowest BCUT2D eigenvalue weighted by Crippen LogP contribution is -2.33. The third-order valence-corrected chi connectivity index (χ3v) is 2.56. The highest BCUT2D eigenvalue weighted by atomic mass is 16.5. The molecular formula is C15H19NO3. The molecule has 0 fully saturated rings. The van der Waals surface area contributed by atoms with Gasteiger partial charge in [0.05, 0.1) is 13.7 Å². The zero-order chi connectivity index (χ0) is 14.1. The van der Waals surface area contributed by atoms with Crippen molar-refractivity contribution in [2.75, 3.05) is 13.7 Å². The molecule has 4 heteroatoms. The van der Waals surface area contributed by atoms with Crippen LogP contribution in [0.2, 0.25) is 0 Å². The molecule has 0 aliphatic carbocycles. The molecule has 0 heterocycles. The number of ether oxygens (including phenoxy) is 2. The Hall–Kier alpha value is -1.99. The van der Waals surface area contributed by atoms with E-state index >= 15 is 0 Å². The van der Waals surface area contributed by atoms with Gasteiger partial charge in [0.15, 0.2) is 0 Å². The summed E-state index contributed by atoms with van der Waals surface area (Å²) in [7, 11) is 1.33. The number of esters is 1. The highest BCUT2D eigenvalue weighted by Gasteiger charge is 2.13. The summed E-state index contributed by atoms with van der Waals surface area (Å²) in [4.78, 5) is 11.2. The van der Waals surface area contributed by atoms with Crippen LogP contribution in [0.4, 0.5) is 0 Å². The van der Waals surface area contributed by atoms with Crippen molar-refractivity contribution < 1.29 is 14.3 Å². The number of carbonyl (C=O) groups excluding carboxylic acids is 1. The molecule has 1 aromatic rings. The average molecular weight is 261 g/mol. The molecule has 0 spiro atoms. The molecule has 0 amide bonds. The maximum Gasteiger partial charge on any atom is 0.322 e. The lowest BCUT2D eigenvalue weighted by molar-refractivity contribution is -0.142. The van der Waals surface area contributed by atoms with Crippen LogP contribution in [-0.4, -0.2) is 25.7 Å². The van der Waals surface area contributed by atoms with E-state index in [9.17, 15) is 4.79 Å². The van der Waals surface area contributed by atoms with E-state index in [4.69, 9.17) is 10.5 Å². The van der Waals surface area contributed by atoms with E-state index in [1.165, 1.54) is 7.11 Å². The minimum atomic E-state index is -0.628. The summed E-state index contributed by atoms with van der Waals surface area (Å²) in [5, 5.41) is 0. The Morgan fingerprint density at radius 3 is 2.63 bits per heavy atom. The van der Waals surface area contributed by atoms with E-state index in [1.807, 2.05) is 24.3 Å². The monoisotopic (exact) mass is 261 g/mol. The highest BCUT2D eigenvalue weighted by molar-refractivity contribution is 5.75. The fraction of sp³-hybridized carbons (Fsp3) is 0.400. The maximum atomic E-state index is 11.2. The summed E-state index contributed by atoms with van der Waals surface area (Å²) >= 11 is 0. The van der Waals surface area contributed by atoms with Gasteiger partial charge >= 0.3 is 5.97 Å². The third kappa shape index (κ3) is 5.45. The zero-order valence-electron chi connectivity index (χ0n) is 11.3. The van der Waals surface area contributed by atoms with Gasteiger partial charge in [-0.05, 0) is 31.0 Å². The van der Waals surface area contributed by atoms with Crippen LogP contribution in [0.5, 0.6) is 5.75 Å². The smallest absolute Gasteiger partial charge is 0.322 e. The van der Waals surface area contributed by atoms with E-state index in [2.05, 4.69) is 16.6 Å². The second kappa shape index (κ2) is 8.17. The molecule has 1 rings (SSSR count). The van der Waals surface area contributed by atoms with Gasteiger partial charge in [0.1, 0.15) is 11.8 Å². The number of rotatable bonds is 6. The van der Waals surface area contributed by atoms with Gasteiger partial charge < -0.3 is 15.2 Å². The van der Waals surface area contributed by atoms with Crippen molar-refractivity contribution in [2.24, 2.45) is 5.73 Å². The Bertz CT molecular complexity index is 457. The first-order chi connectivity index (χ1) is 9.17. The molecule has 2 N–H and O–H groups in total. The van der Waals surface area contributed by atoms with Gasteiger partial charge in [-0.15, -0.1) is 11.8 Å². The van der Waals surface area contributed by atoms with Crippen molar-refractivity contribution in [1.29, 1.82) is 0 Å². The Morgan fingerprint density at radius 2 is 2.05 bits per heavy atom. The van der Waals surface area contributed by atoms with Gasteiger partial charge in [-0.3, -0.25) is 4.79 Å². The molecule has 19 heavy (non-hydrogen) atoms. The lowest BCUT2D eigenvalue weighted by atomic mass is 10.1. The normalized spacial score (nSPS) is 11.1. The minimum absolute atomic E-state index is 0.404. The van der Waals surface area contributed by atoms with Crippen molar-refractivity contribution in [3.63, 3.8) is 0 Å². The number of hydrogen-bond donors (Lipinski definition) is 1. The minimum Gasteiger partial charge on any atom is -0.493 e. The second-order valence-electron chi connectivity index (χ2n) is 4.00. The van der Waals surface area contributed by atoms with Crippen LogP contribution in [0, 0.1) is 11.8 Å². The van der Waals surface area contributed by atoms with Crippen LogP contribution in [0.1, 0.15) is 18.9 Å². The molecule has 4 nitrogen and oxygen atoms in total. The Morgan fingerprint density at radius 1 is 1.37 bits per heavy atom. The molecular weight excluding hydrogens is 242 g/mol. The summed E-state index contributed by atoms with van der Waals surface area (Å²) in [6.07, 6.45) is 1.17. The number of methoxy groups -OCH3 is 1. The molecule has 1 atom stereocenters. The first kappa shape index (κ1) is 15.1. The van der Waals surface area contributed by atoms with Crippen LogP contribution < -0.4 is 10.5 Å². The van der Waals surface area contributed by atoms with E-state index < -0.39 is 12.0 Å². The summed E-state index contributed by atoms with van der Waals surface area (Å²) in [6, 6.07) is 6.88. The topological polar surface area (TPSA) is 61.5 Å². The van der Waals surface area contributed by atoms with E-state index in [0.29, 0.717) is 19.4 Å². The number of carbonyl (C=O) groups is 1. The Balaban J connectivity index is 2.46. The SMILES string of the molecule is CC#CCCOc1ccc(CC(N)C(=O)OC)cc1. The molecule has 0 aliphatic heterocycles. The lowest BCUT2D eigenvalue weighted by Gasteiger charge is -2.10. The predicted octanol–water partition coefficient (Wildman–Crippen LogP) is 1.52. The predicted molar refractivity (Wildman–Crippen MR) is 73.7 cm³/mol. The maximum absolute atomic E-state index is 11.2. The highest BCUT2D eigenvalue weighted by Crippen LogP contribution is 2.13. The largest absolute Gasteiger partial charge is 0.493 e. The van der Waals surface area contributed by atoms with Crippen LogP contribution in [0.15, 0.2) is 24.3 Å². The summed E-state index contributed by atoms with van der Waals surface area (Å²) < 4.78 is 10.1. The summed E-state index contributed by atoms with van der Waals surface area (Å²) in [5.74, 6) is 6.13. The number of hydrogen-bond acceptors (Lipinski definition) is 4. The van der Waals surface area contributed by atoms with Crippen molar-refractivity contribution in [3.8, 4) is 17.6 Å². The van der Waals surface area contributed by atoms with Gasteiger partial charge in [-0.1, -0.05) is 12.1 Å². The molecule has 0 saturated carbocycles. The van der Waals surface area contributed by atoms with Crippen molar-refractivity contribution in [2.45, 2.75) is 25.8 Å². The van der Waals surface area contributed by atoms with Gasteiger partial charge in [-0.25, -0.2) is 0 Å². The quantitative estimate of drug-likeness (QED) is 0.479. The van der Waals surface area contributed by atoms with Crippen molar-refractivity contribution in [1.82, 2.24) is 0 Å². The van der Waals surface area contributed by atoms with E-state index in [0.717, 1.165) is 11.3 Å². The van der Waals surface area contributed by atoms with Crippen LogP contribution in [0.25, 0.3) is 0 Å². The molecule has 0 bridgehead atoms. The van der Waals surface area contributed by atoms with Crippen LogP contribution in [0.3, 0.4) is 0 Å². The van der Waals surface area contributed by atoms with Gasteiger partial charge in [-0.2, -0.15) is 0 Å². The summed E-state index contributed by atoms with van der Waals surface area (Å²) in [5.41, 5.74) is 6.66. The fourth-order valence-corrected chi connectivity index (χ4v) is 1.56. The first-order valence-electron chi connectivity index (χ1n) is 6.12. The molecule has 0 radical (unpaired) electrons. The molecule has 0 aromatic heterocycles. The molecule has 0 saturated heterocycles. The first-order valence-corrected chi connectivity index (χ1v) is 6.12. The van der Waals surface area contributed by atoms with Gasteiger partial charge in [0, 0.05) is 6.42 Å². The van der Waals surface area contributed by atoms with E-state index in [-0.39, 0.29) is 0 Å². The number of nitrogens with two attached hydrogens (primary N) is 1. The van der Waals surface area contributed by atoms with Gasteiger partial charge in [0.2, 0.25) is 0 Å². The average Bonchev–Trinajstić information content (AvgIpc) is 2.44. The molecule has 1 unspecified atom stereocenters. The van der Waals surface area contributed by atoms with Crippen molar-refractivity contribution >= 4 is 5.97 Å². The molecule has 102 valence electrons. The standard InChI is InChI=1S/C15H19NO3/c1-3-4-5-10-19-13-8-6-12(7-9-13)11-14(16)15(17)18-2/h6-9,14H,5,10-11,16H2,1-2H3. The third-order valence-electron chi connectivity index (χ3n) is 2.56. The Kier molecular flexibility index (Phi) is 6.48. The zero-order valence-corrected chi connectivity index (χ0v) is 11.3. The Labute approximate surface area is 113 Å². The van der Waals surface area contributed by atoms with E-state index in [1.54, 1.807) is 6.92 Å².